The smallest absolute Gasteiger partial charge is 0.237 e. The monoisotopic (exact) mass is 178 g/mol. The van der Waals surface area contributed by atoms with Crippen molar-refractivity contribution in [3.8, 4) is 0 Å². The predicted molar refractivity (Wildman–Crippen MR) is 47.0 cm³/mol. The summed E-state index contributed by atoms with van der Waals surface area (Å²) in [7, 11) is 3.88. The fourth-order valence-electron chi connectivity index (χ4n) is 1.25. The van der Waals surface area contributed by atoms with Crippen molar-refractivity contribution < 1.29 is 4.79 Å². The lowest BCUT2D eigenvalue weighted by molar-refractivity contribution is -0.127. The van der Waals surface area contributed by atoms with E-state index in [1.54, 1.807) is 0 Å². The van der Waals surface area contributed by atoms with Crippen molar-refractivity contribution in [3.63, 3.8) is 0 Å². The van der Waals surface area contributed by atoms with Gasteiger partial charge in [0.05, 0.1) is 6.04 Å². The van der Waals surface area contributed by atoms with Gasteiger partial charge in [0.15, 0.2) is 0 Å². The number of amides is 1. The minimum Gasteiger partial charge on any atom is -0.355 e. The molecule has 1 heterocycles. The molecule has 66 valence electrons. The summed E-state index contributed by atoms with van der Waals surface area (Å²) in [4.78, 5) is 13.0. The standard InChI is InChI=1S/C7H14N2O.ClH/c1-9(2)6-4-3-5-8-7(6)10;/h6H,3-5H2,1-2H3,(H,8,10);1H. The van der Waals surface area contributed by atoms with Crippen LogP contribution >= 0.6 is 12.4 Å². The molecule has 1 aliphatic heterocycles. The minimum atomic E-state index is 0. The van der Waals surface area contributed by atoms with E-state index in [2.05, 4.69) is 5.32 Å². The number of hydrogen-bond donors (Lipinski definition) is 1. The van der Waals surface area contributed by atoms with E-state index in [0.29, 0.717) is 0 Å². The van der Waals surface area contributed by atoms with Crippen molar-refractivity contribution in [2.24, 2.45) is 0 Å². The predicted octanol–water partition coefficient (Wildman–Crippen LogP) is 0.248. The van der Waals surface area contributed by atoms with Crippen LogP contribution in [0.5, 0.6) is 0 Å². The Morgan fingerprint density at radius 3 is 2.55 bits per heavy atom. The van der Waals surface area contributed by atoms with Crippen LogP contribution in [-0.2, 0) is 4.79 Å². The first-order chi connectivity index (χ1) is 4.72. The van der Waals surface area contributed by atoms with Crippen molar-refractivity contribution in [1.29, 1.82) is 0 Å². The Balaban J connectivity index is 0.000001000. The summed E-state index contributed by atoms with van der Waals surface area (Å²) in [6.45, 7) is 0.850. The van der Waals surface area contributed by atoms with Gasteiger partial charge in [0, 0.05) is 6.54 Å². The highest BCUT2D eigenvalue weighted by atomic mass is 35.5. The molecule has 1 saturated heterocycles. The van der Waals surface area contributed by atoms with Crippen LogP contribution in [0.3, 0.4) is 0 Å². The summed E-state index contributed by atoms with van der Waals surface area (Å²) in [5, 5.41) is 2.83. The van der Waals surface area contributed by atoms with Gasteiger partial charge in [0.2, 0.25) is 5.91 Å². The Morgan fingerprint density at radius 1 is 1.55 bits per heavy atom. The van der Waals surface area contributed by atoms with Crippen molar-refractivity contribution >= 4 is 18.3 Å². The molecule has 1 aliphatic rings. The molecule has 1 unspecified atom stereocenters. The first-order valence-corrected chi connectivity index (χ1v) is 3.66. The van der Waals surface area contributed by atoms with Gasteiger partial charge in [-0.15, -0.1) is 12.4 Å². The molecule has 0 spiro atoms. The van der Waals surface area contributed by atoms with Crippen LogP contribution in [0.4, 0.5) is 0 Å². The Hall–Kier alpha value is -0.280. The van der Waals surface area contributed by atoms with Crippen molar-refractivity contribution in [2.45, 2.75) is 18.9 Å². The van der Waals surface area contributed by atoms with Gasteiger partial charge in [-0.25, -0.2) is 0 Å². The quantitative estimate of drug-likeness (QED) is 0.625. The van der Waals surface area contributed by atoms with Crippen LogP contribution in [0.15, 0.2) is 0 Å². The molecule has 0 aromatic rings. The van der Waals surface area contributed by atoms with Crippen LogP contribution < -0.4 is 5.32 Å². The zero-order chi connectivity index (χ0) is 7.56. The fraction of sp³-hybridized carbons (Fsp3) is 0.857. The number of nitrogens with zero attached hydrogens (tertiary/aromatic N) is 1. The number of nitrogens with one attached hydrogen (secondary N) is 1. The minimum absolute atomic E-state index is 0. The van der Waals surface area contributed by atoms with Crippen LogP contribution in [0, 0.1) is 0 Å². The van der Waals surface area contributed by atoms with Gasteiger partial charge in [-0.1, -0.05) is 0 Å². The number of piperidine rings is 1. The van der Waals surface area contributed by atoms with Crippen molar-refractivity contribution in [3.05, 3.63) is 0 Å². The molecule has 0 aromatic carbocycles. The molecular formula is C7H15ClN2O. The number of rotatable bonds is 1. The molecule has 1 rings (SSSR count). The Labute approximate surface area is 73.5 Å². The van der Waals surface area contributed by atoms with Gasteiger partial charge in [0.25, 0.3) is 0 Å². The molecular weight excluding hydrogens is 164 g/mol. The van der Waals surface area contributed by atoms with Crippen LogP contribution in [0.2, 0.25) is 0 Å². The number of carbonyl (C=O) groups is 1. The lowest BCUT2D eigenvalue weighted by Gasteiger charge is -2.26. The molecule has 1 fully saturated rings. The number of carbonyl (C=O) groups excluding carboxylic acids is 1. The third kappa shape index (κ3) is 2.67. The third-order valence-electron chi connectivity index (χ3n) is 1.88. The van der Waals surface area contributed by atoms with E-state index in [1.165, 1.54) is 0 Å². The molecule has 3 nitrogen and oxygen atoms in total. The van der Waals surface area contributed by atoms with Gasteiger partial charge in [-0.3, -0.25) is 9.69 Å². The first kappa shape index (κ1) is 10.7. The number of likely N-dealkylation sites (N-methyl/N-ethyl adjacent to an activating group) is 1. The maximum atomic E-state index is 11.1. The van der Waals surface area contributed by atoms with E-state index in [-0.39, 0.29) is 24.4 Å². The summed E-state index contributed by atoms with van der Waals surface area (Å²) in [6, 6.07) is 0.105. The number of hydrogen-bond acceptors (Lipinski definition) is 2. The Kier molecular flexibility index (Phi) is 4.45. The Bertz CT molecular complexity index is 138. The van der Waals surface area contributed by atoms with E-state index < -0.39 is 0 Å². The highest BCUT2D eigenvalue weighted by Gasteiger charge is 2.22. The molecule has 0 bridgehead atoms. The molecule has 11 heavy (non-hydrogen) atoms. The van der Waals surface area contributed by atoms with E-state index in [1.807, 2.05) is 19.0 Å². The molecule has 0 saturated carbocycles. The van der Waals surface area contributed by atoms with Gasteiger partial charge in [-0.2, -0.15) is 0 Å². The fourth-order valence-corrected chi connectivity index (χ4v) is 1.25. The maximum absolute atomic E-state index is 11.1. The molecule has 0 aromatic heterocycles. The number of halogens is 1. The summed E-state index contributed by atoms with van der Waals surface area (Å²) >= 11 is 0. The Morgan fingerprint density at radius 2 is 2.18 bits per heavy atom. The summed E-state index contributed by atoms with van der Waals surface area (Å²) < 4.78 is 0. The first-order valence-electron chi connectivity index (χ1n) is 3.66. The zero-order valence-electron chi connectivity index (χ0n) is 6.96. The zero-order valence-corrected chi connectivity index (χ0v) is 7.78. The average Bonchev–Trinajstić information content (AvgIpc) is 1.88. The van der Waals surface area contributed by atoms with Crippen molar-refractivity contribution in [2.75, 3.05) is 20.6 Å². The molecule has 1 amide bonds. The van der Waals surface area contributed by atoms with E-state index in [9.17, 15) is 4.79 Å². The maximum Gasteiger partial charge on any atom is 0.237 e. The van der Waals surface area contributed by atoms with Crippen LogP contribution in [0.1, 0.15) is 12.8 Å². The SMILES string of the molecule is CN(C)C1CCCNC1=O.Cl. The van der Waals surface area contributed by atoms with Gasteiger partial charge in [0.1, 0.15) is 0 Å². The molecule has 0 aliphatic carbocycles. The van der Waals surface area contributed by atoms with E-state index >= 15 is 0 Å². The summed E-state index contributed by atoms with van der Waals surface area (Å²) in [5.41, 5.74) is 0. The summed E-state index contributed by atoms with van der Waals surface area (Å²) in [5.74, 6) is 0.177. The highest BCUT2D eigenvalue weighted by Crippen LogP contribution is 2.06. The average molecular weight is 179 g/mol. The van der Waals surface area contributed by atoms with Crippen LogP contribution in [0.25, 0.3) is 0 Å². The lowest BCUT2D eigenvalue weighted by Crippen LogP contribution is -2.47. The second kappa shape index (κ2) is 4.57. The highest BCUT2D eigenvalue weighted by molar-refractivity contribution is 5.85. The van der Waals surface area contributed by atoms with Gasteiger partial charge in [-0.05, 0) is 26.9 Å². The second-order valence-electron chi connectivity index (χ2n) is 2.91. The van der Waals surface area contributed by atoms with Gasteiger partial charge < -0.3 is 5.32 Å². The van der Waals surface area contributed by atoms with E-state index in [0.717, 1.165) is 19.4 Å². The molecule has 1 atom stereocenters. The normalized spacial score (nSPS) is 24.3. The third-order valence-corrected chi connectivity index (χ3v) is 1.88. The topological polar surface area (TPSA) is 32.3 Å². The molecule has 0 radical (unpaired) electrons. The lowest BCUT2D eigenvalue weighted by atomic mass is 10.1. The molecule has 1 N–H and O–H groups in total. The van der Waals surface area contributed by atoms with E-state index in [4.69, 9.17) is 0 Å². The van der Waals surface area contributed by atoms with Gasteiger partial charge >= 0.3 is 0 Å². The molecule has 4 heteroatoms. The van der Waals surface area contributed by atoms with Crippen LogP contribution in [-0.4, -0.2) is 37.5 Å². The second-order valence-corrected chi connectivity index (χ2v) is 2.91. The summed E-state index contributed by atoms with van der Waals surface area (Å²) in [6.07, 6.45) is 2.10. The van der Waals surface area contributed by atoms with Crippen molar-refractivity contribution in [1.82, 2.24) is 10.2 Å². The largest absolute Gasteiger partial charge is 0.355 e.